The van der Waals surface area contributed by atoms with Gasteiger partial charge < -0.3 is 9.32 Å². The Morgan fingerprint density at radius 1 is 0.278 bits per heavy atom. The van der Waals surface area contributed by atoms with Crippen LogP contribution in [0.15, 0.2) is 217 Å². The zero-order valence-corrected chi connectivity index (χ0v) is 29.6. The summed E-state index contributed by atoms with van der Waals surface area (Å²) in [5.74, 6) is 0. The Kier molecular flexibility index (Phi) is 7.85. The molecule has 10 aromatic rings. The van der Waals surface area contributed by atoms with Crippen molar-refractivity contribution in [3.63, 3.8) is 0 Å². The van der Waals surface area contributed by atoms with Crippen molar-refractivity contribution in [2.75, 3.05) is 4.90 Å². The van der Waals surface area contributed by atoms with E-state index in [1.165, 1.54) is 44.3 Å². The zero-order chi connectivity index (χ0) is 35.8. The van der Waals surface area contributed by atoms with Crippen LogP contribution in [0.2, 0.25) is 0 Å². The molecule has 2 nitrogen and oxygen atoms in total. The first-order valence-corrected chi connectivity index (χ1v) is 18.4. The summed E-state index contributed by atoms with van der Waals surface area (Å²) in [5.41, 5.74) is 14.6. The van der Waals surface area contributed by atoms with Gasteiger partial charge in [0.05, 0.1) is 0 Å². The molecule has 0 N–H and O–H groups in total. The van der Waals surface area contributed by atoms with Gasteiger partial charge in [-0.15, -0.1) is 0 Å². The Bertz CT molecular complexity index is 2880. The lowest BCUT2D eigenvalue weighted by molar-refractivity contribution is 0.669. The SMILES string of the molecule is c1ccc(-c2ccc(-c3ccc(N(c4ccc(-c5ccccc5)cc4)c4ccc5ccc6oc7cc(-c8ccccc8)ccc7c6c5c4)cc3)cc2)cc1. The van der Waals surface area contributed by atoms with E-state index < -0.39 is 0 Å². The van der Waals surface area contributed by atoms with Crippen LogP contribution >= 0.6 is 0 Å². The van der Waals surface area contributed by atoms with Gasteiger partial charge in [-0.25, -0.2) is 0 Å². The van der Waals surface area contributed by atoms with Crippen molar-refractivity contribution in [3.05, 3.63) is 212 Å². The van der Waals surface area contributed by atoms with E-state index in [2.05, 4.69) is 211 Å². The molecule has 0 fully saturated rings. The summed E-state index contributed by atoms with van der Waals surface area (Å²) in [6.07, 6.45) is 0. The summed E-state index contributed by atoms with van der Waals surface area (Å²) in [5, 5.41) is 4.60. The summed E-state index contributed by atoms with van der Waals surface area (Å²) in [7, 11) is 0. The minimum atomic E-state index is 0.890. The summed E-state index contributed by atoms with van der Waals surface area (Å²) >= 11 is 0. The van der Waals surface area contributed by atoms with Crippen molar-refractivity contribution in [3.8, 4) is 44.5 Å². The Balaban J connectivity index is 1.07. The van der Waals surface area contributed by atoms with Crippen molar-refractivity contribution in [2.24, 2.45) is 0 Å². The molecule has 1 aromatic heterocycles. The number of anilines is 3. The van der Waals surface area contributed by atoms with Crippen LogP contribution in [0.3, 0.4) is 0 Å². The number of nitrogens with zero attached hydrogens (tertiary/aromatic N) is 1. The number of furan rings is 1. The second-order valence-corrected chi connectivity index (χ2v) is 13.8. The largest absolute Gasteiger partial charge is 0.456 e. The van der Waals surface area contributed by atoms with E-state index in [0.717, 1.165) is 50.0 Å². The minimum Gasteiger partial charge on any atom is -0.456 e. The Labute approximate surface area is 314 Å². The molecule has 0 unspecified atom stereocenters. The molecule has 0 bridgehead atoms. The van der Waals surface area contributed by atoms with E-state index in [9.17, 15) is 0 Å². The first-order valence-electron chi connectivity index (χ1n) is 18.4. The topological polar surface area (TPSA) is 16.4 Å². The molecule has 0 spiro atoms. The molecular weight excluding hydrogens is 655 g/mol. The third-order valence-corrected chi connectivity index (χ3v) is 10.5. The Morgan fingerprint density at radius 3 is 1.20 bits per heavy atom. The number of benzene rings is 9. The van der Waals surface area contributed by atoms with Gasteiger partial charge >= 0.3 is 0 Å². The standard InChI is InChI=1S/C52H35NO/c1-4-10-36(11-5-1)39-16-18-40(19-17-39)42-22-29-46(30-23-42)53(45-27-20-41(21-28-45)37-12-6-2-7-13-37)47-31-24-43-26-33-50-52(49(43)35-47)48-32-25-44(34-51(48)54-50)38-14-8-3-9-15-38/h1-35H. The van der Waals surface area contributed by atoms with Gasteiger partial charge in [-0.3, -0.25) is 0 Å². The highest BCUT2D eigenvalue weighted by molar-refractivity contribution is 6.19. The molecule has 0 aliphatic rings. The molecule has 254 valence electrons. The van der Waals surface area contributed by atoms with E-state index in [1.807, 2.05) is 6.07 Å². The van der Waals surface area contributed by atoms with Crippen molar-refractivity contribution >= 4 is 49.8 Å². The lowest BCUT2D eigenvalue weighted by Crippen LogP contribution is -2.09. The highest BCUT2D eigenvalue weighted by Crippen LogP contribution is 2.42. The van der Waals surface area contributed by atoms with Crippen LogP contribution in [0.4, 0.5) is 17.1 Å². The normalized spacial score (nSPS) is 11.3. The van der Waals surface area contributed by atoms with Crippen molar-refractivity contribution in [1.29, 1.82) is 0 Å². The molecule has 0 amide bonds. The van der Waals surface area contributed by atoms with Gasteiger partial charge in [-0.2, -0.15) is 0 Å². The second-order valence-electron chi connectivity index (χ2n) is 13.8. The smallest absolute Gasteiger partial charge is 0.136 e. The van der Waals surface area contributed by atoms with Crippen molar-refractivity contribution < 1.29 is 4.42 Å². The average Bonchev–Trinajstić information content (AvgIpc) is 3.64. The maximum atomic E-state index is 6.52. The molecule has 54 heavy (non-hydrogen) atoms. The maximum absolute atomic E-state index is 6.52. The van der Waals surface area contributed by atoms with Crippen LogP contribution in [0, 0.1) is 0 Å². The lowest BCUT2D eigenvalue weighted by atomic mass is 9.99. The van der Waals surface area contributed by atoms with Crippen LogP contribution in [0.25, 0.3) is 77.2 Å². The van der Waals surface area contributed by atoms with E-state index >= 15 is 0 Å². The van der Waals surface area contributed by atoms with E-state index in [1.54, 1.807) is 0 Å². The van der Waals surface area contributed by atoms with Gasteiger partial charge in [0, 0.05) is 27.8 Å². The molecule has 10 rings (SSSR count). The van der Waals surface area contributed by atoms with Crippen LogP contribution in [-0.4, -0.2) is 0 Å². The molecule has 0 saturated heterocycles. The first kappa shape index (κ1) is 31.6. The van der Waals surface area contributed by atoms with Gasteiger partial charge in [0.2, 0.25) is 0 Å². The fourth-order valence-electron chi connectivity index (χ4n) is 7.70. The third-order valence-electron chi connectivity index (χ3n) is 10.5. The number of hydrogen-bond donors (Lipinski definition) is 0. The van der Waals surface area contributed by atoms with Gasteiger partial charge in [-0.1, -0.05) is 158 Å². The Hall–Kier alpha value is -7.16. The summed E-state index contributed by atoms with van der Waals surface area (Å²) in [4.78, 5) is 2.35. The quantitative estimate of drug-likeness (QED) is 0.166. The minimum absolute atomic E-state index is 0.890. The predicted octanol–water partition coefficient (Wildman–Crippen LogP) is 14.9. The fraction of sp³-hybridized carbons (Fsp3) is 0. The summed E-state index contributed by atoms with van der Waals surface area (Å²) in [6.45, 7) is 0. The van der Waals surface area contributed by atoms with Crippen LogP contribution in [0.1, 0.15) is 0 Å². The molecule has 0 saturated carbocycles. The summed E-state index contributed by atoms with van der Waals surface area (Å²) < 4.78 is 6.52. The zero-order valence-electron chi connectivity index (χ0n) is 29.6. The van der Waals surface area contributed by atoms with Gasteiger partial charge in [0.25, 0.3) is 0 Å². The first-order chi connectivity index (χ1) is 26.7. The van der Waals surface area contributed by atoms with E-state index in [4.69, 9.17) is 4.42 Å². The van der Waals surface area contributed by atoms with E-state index in [0.29, 0.717) is 0 Å². The lowest BCUT2D eigenvalue weighted by Gasteiger charge is -2.26. The molecule has 0 radical (unpaired) electrons. The number of hydrogen-bond acceptors (Lipinski definition) is 2. The van der Waals surface area contributed by atoms with E-state index in [-0.39, 0.29) is 0 Å². The summed E-state index contributed by atoms with van der Waals surface area (Å²) in [6, 6.07) is 75.8. The number of rotatable bonds is 7. The van der Waals surface area contributed by atoms with Crippen LogP contribution in [-0.2, 0) is 0 Å². The molecule has 9 aromatic carbocycles. The van der Waals surface area contributed by atoms with Crippen LogP contribution < -0.4 is 4.90 Å². The molecule has 1 heterocycles. The van der Waals surface area contributed by atoms with Gasteiger partial charge in [0.15, 0.2) is 0 Å². The number of fused-ring (bicyclic) bond motifs is 5. The second kappa shape index (κ2) is 13.4. The van der Waals surface area contributed by atoms with Gasteiger partial charge in [0.1, 0.15) is 11.2 Å². The molecule has 0 aliphatic carbocycles. The molecule has 0 atom stereocenters. The Morgan fingerprint density at radius 2 is 0.685 bits per heavy atom. The fourth-order valence-corrected chi connectivity index (χ4v) is 7.70. The molecular formula is C52H35NO. The third kappa shape index (κ3) is 5.81. The monoisotopic (exact) mass is 689 g/mol. The van der Waals surface area contributed by atoms with Crippen LogP contribution in [0.5, 0.6) is 0 Å². The van der Waals surface area contributed by atoms with Gasteiger partial charge in [-0.05, 0) is 110 Å². The predicted molar refractivity (Wildman–Crippen MR) is 228 cm³/mol. The molecule has 2 heteroatoms. The van der Waals surface area contributed by atoms with Crippen molar-refractivity contribution in [1.82, 2.24) is 0 Å². The highest BCUT2D eigenvalue weighted by Gasteiger charge is 2.17. The maximum Gasteiger partial charge on any atom is 0.136 e. The molecule has 0 aliphatic heterocycles. The van der Waals surface area contributed by atoms with Crippen molar-refractivity contribution in [2.45, 2.75) is 0 Å². The highest BCUT2D eigenvalue weighted by atomic mass is 16.3. The average molecular weight is 690 g/mol.